The highest BCUT2D eigenvalue weighted by Gasteiger charge is 2.18. The first-order valence-electron chi connectivity index (χ1n) is 8.82. The number of fused-ring (bicyclic) bond motifs is 1. The van der Waals surface area contributed by atoms with Gasteiger partial charge >= 0.3 is 0 Å². The minimum atomic E-state index is -0.408. The monoisotopic (exact) mass is 367 g/mol. The van der Waals surface area contributed by atoms with Crippen molar-refractivity contribution in [2.45, 2.75) is 25.7 Å². The predicted octanol–water partition coefficient (Wildman–Crippen LogP) is 3.77. The molecule has 2 aromatic carbocycles. The Hall–Kier alpha value is -3.22. The molecule has 1 aliphatic rings. The molecule has 1 N–H and O–H groups in total. The van der Waals surface area contributed by atoms with Crippen molar-refractivity contribution in [1.29, 1.82) is 0 Å². The summed E-state index contributed by atoms with van der Waals surface area (Å²) < 4.78 is 23.0. The molecule has 1 aliphatic carbocycles. The van der Waals surface area contributed by atoms with Crippen molar-refractivity contribution in [1.82, 2.24) is 10.3 Å². The van der Waals surface area contributed by atoms with Gasteiger partial charge in [-0.2, -0.15) is 0 Å². The molecule has 27 heavy (non-hydrogen) atoms. The molecule has 6 nitrogen and oxygen atoms in total. The molecule has 0 aliphatic heterocycles. The Kier molecular flexibility index (Phi) is 4.82. The molecule has 1 amide bonds. The van der Waals surface area contributed by atoms with Crippen LogP contribution in [0.2, 0.25) is 0 Å². The maximum atomic E-state index is 12.9. The average Bonchev–Trinajstić information content (AvgIpc) is 3.15. The molecular formula is C20H18FN3O3. The number of carbonyl (C=O) groups is 1. The molecule has 0 fully saturated rings. The van der Waals surface area contributed by atoms with Crippen molar-refractivity contribution in [3.8, 4) is 17.0 Å². The van der Waals surface area contributed by atoms with Crippen LogP contribution in [0.4, 0.5) is 10.2 Å². The smallest absolute Gasteiger partial charge is 0.263 e. The number of nitrogens with one attached hydrogen (secondary N) is 1. The fourth-order valence-corrected chi connectivity index (χ4v) is 3.19. The molecule has 0 unspecified atom stereocenters. The maximum Gasteiger partial charge on any atom is 0.263 e. The van der Waals surface area contributed by atoms with Crippen molar-refractivity contribution in [2.75, 3.05) is 11.9 Å². The first-order chi connectivity index (χ1) is 13.2. The lowest BCUT2D eigenvalue weighted by molar-refractivity contribution is -0.118. The van der Waals surface area contributed by atoms with Crippen LogP contribution in [0.15, 0.2) is 47.1 Å². The number of hydrogen-bond donors (Lipinski definition) is 1. The van der Waals surface area contributed by atoms with Crippen LogP contribution >= 0.6 is 0 Å². The van der Waals surface area contributed by atoms with Crippen LogP contribution in [0.5, 0.6) is 5.75 Å². The van der Waals surface area contributed by atoms with Gasteiger partial charge in [0.15, 0.2) is 12.3 Å². The van der Waals surface area contributed by atoms with Crippen molar-refractivity contribution in [3.63, 3.8) is 0 Å². The third kappa shape index (κ3) is 3.97. The Morgan fingerprint density at radius 1 is 1.07 bits per heavy atom. The van der Waals surface area contributed by atoms with Gasteiger partial charge in [-0.05, 0) is 77.5 Å². The highest BCUT2D eigenvalue weighted by Crippen LogP contribution is 2.29. The molecule has 138 valence electrons. The largest absolute Gasteiger partial charge is 0.484 e. The van der Waals surface area contributed by atoms with Crippen LogP contribution in [0.25, 0.3) is 11.3 Å². The summed E-state index contributed by atoms with van der Waals surface area (Å²) in [6, 6.07) is 11.6. The van der Waals surface area contributed by atoms with E-state index in [0.29, 0.717) is 11.4 Å². The number of aromatic nitrogens is 2. The van der Waals surface area contributed by atoms with Gasteiger partial charge < -0.3 is 10.1 Å². The molecule has 1 aromatic heterocycles. The lowest BCUT2D eigenvalue weighted by atomic mass is 9.90. The average molecular weight is 367 g/mol. The van der Waals surface area contributed by atoms with Crippen LogP contribution in [0.3, 0.4) is 0 Å². The number of rotatable bonds is 5. The van der Waals surface area contributed by atoms with Crippen molar-refractivity contribution in [2.24, 2.45) is 0 Å². The number of hydrogen-bond acceptors (Lipinski definition) is 5. The zero-order chi connectivity index (χ0) is 18.6. The minimum Gasteiger partial charge on any atom is -0.484 e. The van der Waals surface area contributed by atoms with Gasteiger partial charge in [0, 0.05) is 5.56 Å². The summed E-state index contributed by atoms with van der Waals surface area (Å²) in [5.74, 6) is -0.123. The van der Waals surface area contributed by atoms with Gasteiger partial charge in [0.25, 0.3) is 5.91 Å². The number of aryl methyl sites for hydroxylation is 2. The van der Waals surface area contributed by atoms with E-state index in [1.54, 1.807) is 0 Å². The van der Waals surface area contributed by atoms with Gasteiger partial charge in [-0.25, -0.2) is 9.02 Å². The number of nitrogens with zero attached hydrogens (tertiary/aromatic N) is 2. The van der Waals surface area contributed by atoms with Crippen LogP contribution in [-0.4, -0.2) is 22.8 Å². The summed E-state index contributed by atoms with van der Waals surface area (Å²) >= 11 is 0. The third-order valence-electron chi connectivity index (χ3n) is 4.55. The van der Waals surface area contributed by atoms with Crippen LogP contribution in [0, 0.1) is 5.82 Å². The number of amides is 1. The van der Waals surface area contributed by atoms with E-state index in [9.17, 15) is 9.18 Å². The minimum absolute atomic E-state index is 0.234. The van der Waals surface area contributed by atoms with Crippen molar-refractivity contribution in [3.05, 3.63) is 59.4 Å². The molecular weight excluding hydrogens is 349 g/mol. The molecule has 3 aromatic rings. The van der Waals surface area contributed by atoms with Gasteiger partial charge in [0.2, 0.25) is 5.82 Å². The molecule has 1 heterocycles. The highest BCUT2D eigenvalue weighted by atomic mass is 19.1. The Labute approximate surface area is 155 Å². The summed E-state index contributed by atoms with van der Waals surface area (Å²) in [7, 11) is 0. The van der Waals surface area contributed by atoms with E-state index in [-0.39, 0.29) is 18.2 Å². The second-order valence-electron chi connectivity index (χ2n) is 6.44. The molecule has 4 rings (SSSR count). The lowest BCUT2D eigenvalue weighted by Gasteiger charge is -2.16. The first kappa shape index (κ1) is 17.2. The lowest BCUT2D eigenvalue weighted by Crippen LogP contribution is -2.20. The zero-order valence-corrected chi connectivity index (χ0v) is 14.6. The first-order valence-corrected chi connectivity index (χ1v) is 8.82. The standard InChI is InChI=1S/C20H18FN3O3/c21-16-7-9-17(10-8-16)26-12-18(25)22-20-19(23-27-24-20)15-6-5-13-3-1-2-4-14(13)11-15/h5-11H,1-4,12H2,(H,22,24,25). The summed E-state index contributed by atoms with van der Waals surface area (Å²) in [5, 5.41) is 10.4. The van der Waals surface area contributed by atoms with E-state index < -0.39 is 5.91 Å². The number of benzene rings is 2. The summed E-state index contributed by atoms with van der Waals surface area (Å²) in [4.78, 5) is 12.1. The van der Waals surface area contributed by atoms with Crippen molar-refractivity contribution < 1.29 is 18.6 Å². The number of ether oxygens (including phenoxy) is 1. The molecule has 0 atom stereocenters. The van der Waals surface area contributed by atoms with E-state index in [2.05, 4.69) is 27.8 Å². The molecule has 0 saturated carbocycles. The quantitative estimate of drug-likeness (QED) is 0.743. The predicted molar refractivity (Wildman–Crippen MR) is 96.9 cm³/mol. The number of carbonyl (C=O) groups excluding carboxylic acids is 1. The fourth-order valence-electron chi connectivity index (χ4n) is 3.19. The van der Waals surface area contributed by atoms with Crippen LogP contribution in [-0.2, 0) is 17.6 Å². The Bertz CT molecular complexity index is 953. The Balaban J connectivity index is 1.44. The highest BCUT2D eigenvalue weighted by molar-refractivity contribution is 5.94. The molecule has 7 heteroatoms. The van der Waals surface area contributed by atoms with Gasteiger partial charge in [-0.1, -0.05) is 12.1 Å². The molecule has 0 bridgehead atoms. The molecule has 0 saturated heterocycles. The van der Waals surface area contributed by atoms with Gasteiger partial charge in [-0.15, -0.1) is 0 Å². The van der Waals surface area contributed by atoms with Crippen molar-refractivity contribution >= 4 is 11.7 Å². The van der Waals surface area contributed by atoms with Crippen LogP contribution in [0.1, 0.15) is 24.0 Å². The fraction of sp³-hybridized carbons (Fsp3) is 0.250. The zero-order valence-electron chi connectivity index (χ0n) is 14.6. The van der Waals surface area contributed by atoms with Gasteiger partial charge in [0.05, 0.1) is 0 Å². The topological polar surface area (TPSA) is 77.2 Å². The van der Waals surface area contributed by atoms with E-state index in [1.165, 1.54) is 48.2 Å². The van der Waals surface area contributed by atoms with Gasteiger partial charge in [-0.3, -0.25) is 4.79 Å². The normalized spacial score (nSPS) is 13.1. The Morgan fingerprint density at radius 3 is 2.67 bits per heavy atom. The second-order valence-corrected chi connectivity index (χ2v) is 6.44. The van der Waals surface area contributed by atoms with E-state index in [1.807, 2.05) is 6.07 Å². The van der Waals surface area contributed by atoms with E-state index in [4.69, 9.17) is 9.37 Å². The summed E-state index contributed by atoms with van der Waals surface area (Å²) in [5.41, 5.74) is 4.00. The maximum absolute atomic E-state index is 12.9. The summed E-state index contributed by atoms with van der Waals surface area (Å²) in [6.45, 7) is -0.234. The number of halogens is 1. The van der Waals surface area contributed by atoms with E-state index >= 15 is 0 Å². The SMILES string of the molecule is O=C(COc1ccc(F)cc1)Nc1nonc1-c1ccc2c(c1)CCCC2. The molecule has 0 spiro atoms. The number of anilines is 1. The summed E-state index contributed by atoms with van der Waals surface area (Å²) in [6.07, 6.45) is 4.53. The Morgan fingerprint density at radius 2 is 1.85 bits per heavy atom. The van der Waals surface area contributed by atoms with Gasteiger partial charge in [0.1, 0.15) is 11.6 Å². The van der Waals surface area contributed by atoms with E-state index in [0.717, 1.165) is 18.4 Å². The second kappa shape index (κ2) is 7.57. The van der Waals surface area contributed by atoms with Crippen LogP contribution < -0.4 is 10.1 Å². The third-order valence-corrected chi connectivity index (χ3v) is 4.55. The molecule has 0 radical (unpaired) electrons.